The van der Waals surface area contributed by atoms with Crippen LogP contribution in [0, 0.1) is 11.7 Å². The number of nitrogens with one attached hydrogen (secondary N) is 1. The summed E-state index contributed by atoms with van der Waals surface area (Å²) in [4.78, 5) is 23.5. The zero-order valence-corrected chi connectivity index (χ0v) is 14.6. The highest BCUT2D eigenvalue weighted by molar-refractivity contribution is 7.88. The maximum absolute atomic E-state index is 13.0. The molecule has 0 radical (unpaired) electrons. The van der Waals surface area contributed by atoms with E-state index in [1.54, 1.807) is 0 Å². The van der Waals surface area contributed by atoms with Gasteiger partial charge in [-0.2, -0.15) is 0 Å². The third kappa shape index (κ3) is 5.50. The minimum Gasteiger partial charge on any atom is -0.481 e. The van der Waals surface area contributed by atoms with Crippen molar-refractivity contribution in [3.8, 4) is 0 Å². The fraction of sp³-hybridized carbons (Fsp3) is 0.500. The SMILES string of the molecule is CS(=O)(=O)N1CCC(C(=O)N[C@H](CC(=O)O)c2ccc(F)cc2)CC1. The van der Waals surface area contributed by atoms with Crippen LogP contribution < -0.4 is 5.32 Å². The van der Waals surface area contributed by atoms with Gasteiger partial charge in [-0.25, -0.2) is 17.1 Å². The van der Waals surface area contributed by atoms with Crippen molar-refractivity contribution in [1.29, 1.82) is 0 Å². The number of aliphatic carboxylic acids is 1. The number of rotatable bonds is 6. The number of halogens is 1. The molecule has 7 nitrogen and oxygen atoms in total. The lowest BCUT2D eigenvalue weighted by molar-refractivity contribution is -0.138. The number of hydrogen-bond acceptors (Lipinski definition) is 4. The monoisotopic (exact) mass is 372 g/mol. The van der Waals surface area contributed by atoms with Crippen LogP contribution in [0.15, 0.2) is 24.3 Å². The van der Waals surface area contributed by atoms with Crippen LogP contribution in [0.3, 0.4) is 0 Å². The molecule has 0 saturated carbocycles. The number of sulfonamides is 1. The quantitative estimate of drug-likeness (QED) is 0.779. The molecule has 138 valence electrons. The lowest BCUT2D eigenvalue weighted by atomic mass is 9.95. The third-order valence-electron chi connectivity index (χ3n) is 4.26. The van der Waals surface area contributed by atoms with Crippen LogP contribution in [0.25, 0.3) is 0 Å². The Labute approximate surface area is 145 Å². The molecule has 0 aliphatic carbocycles. The lowest BCUT2D eigenvalue weighted by Crippen LogP contribution is -2.43. The molecule has 0 bridgehead atoms. The van der Waals surface area contributed by atoms with E-state index < -0.39 is 27.9 Å². The van der Waals surface area contributed by atoms with E-state index in [-0.39, 0.29) is 31.3 Å². The summed E-state index contributed by atoms with van der Waals surface area (Å²) in [6.45, 7) is 0.522. The Morgan fingerprint density at radius 2 is 1.84 bits per heavy atom. The highest BCUT2D eigenvalue weighted by atomic mass is 32.2. The molecule has 1 atom stereocenters. The molecule has 0 spiro atoms. The summed E-state index contributed by atoms with van der Waals surface area (Å²) in [7, 11) is -3.27. The summed E-state index contributed by atoms with van der Waals surface area (Å²) < 4.78 is 37.4. The summed E-state index contributed by atoms with van der Waals surface area (Å²) in [5, 5.41) is 11.7. The zero-order valence-electron chi connectivity index (χ0n) is 13.8. The largest absolute Gasteiger partial charge is 0.481 e. The molecule has 1 aromatic rings. The van der Waals surface area contributed by atoms with E-state index in [9.17, 15) is 22.4 Å². The van der Waals surface area contributed by atoms with Gasteiger partial charge in [0.25, 0.3) is 0 Å². The predicted octanol–water partition coefficient (Wildman–Crippen LogP) is 1.13. The number of hydrogen-bond donors (Lipinski definition) is 2. The van der Waals surface area contributed by atoms with E-state index in [1.165, 1.54) is 28.6 Å². The van der Waals surface area contributed by atoms with E-state index in [0.717, 1.165) is 6.26 Å². The predicted molar refractivity (Wildman–Crippen MR) is 88.7 cm³/mol. The van der Waals surface area contributed by atoms with Crippen molar-refractivity contribution in [1.82, 2.24) is 9.62 Å². The summed E-state index contributed by atoms with van der Waals surface area (Å²) >= 11 is 0. The van der Waals surface area contributed by atoms with E-state index in [4.69, 9.17) is 5.11 Å². The Kier molecular flexibility index (Phi) is 6.12. The maximum atomic E-state index is 13.0. The van der Waals surface area contributed by atoms with Gasteiger partial charge in [-0.15, -0.1) is 0 Å². The summed E-state index contributed by atoms with van der Waals surface area (Å²) in [5.74, 6) is -2.22. The molecule has 1 fully saturated rings. The molecule has 1 saturated heterocycles. The molecular formula is C16H21FN2O5S. The van der Waals surface area contributed by atoms with Crippen LogP contribution in [0.5, 0.6) is 0 Å². The van der Waals surface area contributed by atoms with Crippen molar-refractivity contribution in [3.05, 3.63) is 35.6 Å². The number of benzene rings is 1. The summed E-state index contributed by atoms with van der Waals surface area (Å²) in [6, 6.07) is 4.53. The first-order chi connectivity index (χ1) is 11.7. The Morgan fingerprint density at radius 1 is 1.28 bits per heavy atom. The van der Waals surface area contributed by atoms with Gasteiger partial charge in [0.1, 0.15) is 5.82 Å². The number of carbonyl (C=O) groups is 2. The number of amides is 1. The smallest absolute Gasteiger partial charge is 0.305 e. The van der Waals surface area contributed by atoms with Crippen molar-refractivity contribution < 1.29 is 27.5 Å². The van der Waals surface area contributed by atoms with Gasteiger partial charge in [-0.05, 0) is 30.5 Å². The normalized spacial score (nSPS) is 17.8. The lowest BCUT2D eigenvalue weighted by Gasteiger charge is -2.30. The molecule has 1 aliphatic rings. The first-order valence-electron chi connectivity index (χ1n) is 7.89. The molecule has 0 unspecified atom stereocenters. The fourth-order valence-corrected chi connectivity index (χ4v) is 3.74. The van der Waals surface area contributed by atoms with E-state index in [0.29, 0.717) is 18.4 Å². The van der Waals surface area contributed by atoms with Crippen molar-refractivity contribution in [2.45, 2.75) is 25.3 Å². The number of carboxylic acids is 1. The van der Waals surface area contributed by atoms with Gasteiger partial charge in [0.15, 0.2) is 0 Å². The standard InChI is InChI=1S/C16H21FN2O5S/c1-25(23,24)19-8-6-12(7-9-19)16(22)18-14(10-15(20)21)11-2-4-13(17)5-3-11/h2-5,12,14H,6-10H2,1H3,(H,18,22)(H,20,21)/t14-/m1/s1. The highest BCUT2D eigenvalue weighted by Crippen LogP contribution is 2.23. The van der Waals surface area contributed by atoms with Crippen LogP contribution in [-0.4, -0.2) is 49.1 Å². The molecule has 9 heteroatoms. The second-order valence-corrected chi connectivity index (χ2v) is 8.13. The third-order valence-corrected chi connectivity index (χ3v) is 5.56. The zero-order chi connectivity index (χ0) is 18.6. The average Bonchev–Trinajstić information content (AvgIpc) is 2.54. The number of carboxylic acid groups (broad SMARTS) is 1. The number of carbonyl (C=O) groups excluding carboxylic acids is 1. The van der Waals surface area contributed by atoms with Gasteiger partial charge in [0, 0.05) is 19.0 Å². The van der Waals surface area contributed by atoms with Crippen LogP contribution in [0.1, 0.15) is 30.9 Å². The van der Waals surface area contributed by atoms with E-state index >= 15 is 0 Å². The molecule has 2 N–H and O–H groups in total. The van der Waals surface area contributed by atoms with Gasteiger partial charge < -0.3 is 10.4 Å². The van der Waals surface area contributed by atoms with Crippen molar-refractivity contribution in [3.63, 3.8) is 0 Å². The average molecular weight is 372 g/mol. The van der Waals surface area contributed by atoms with Crippen LogP contribution >= 0.6 is 0 Å². The topological polar surface area (TPSA) is 104 Å². The molecule has 1 heterocycles. The molecule has 1 aliphatic heterocycles. The number of piperidine rings is 1. The maximum Gasteiger partial charge on any atom is 0.305 e. The Bertz CT molecular complexity index is 727. The second-order valence-electron chi connectivity index (χ2n) is 6.15. The molecular weight excluding hydrogens is 351 g/mol. The molecule has 2 rings (SSSR count). The minimum absolute atomic E-state index is 0.261. The summed E-state index contributed by atoms with van der Waals surface area (Å²) in [6.07, 6.45) is 1.56. The van der Waals surface area contributed by atoms with E-state index in [1.807, 2.05) is 0 Å². The van der Waals surface area contributed by atoms with Gasteiger partial charge in [-0.3, -0.25) is 9.59 Å². The van der Waals surface area contributed by atoms with Gasteiger partial charge in [-0.1, -0.05) is 12.1 Å². The van der Waals surface area contributed by atoms with Crippen LogP contribution in [0.2, 0.25) is 0 Å². The Morgan fingerprint density at radius 3 is 2.32 bits per heavy atom. The van der Waals surface area contributed by atoms with Crippen LogP contribution in [-0.2, 0) is 19.6 Å². The Balaban J connectivity index is 2.02. The van der Waals surface area contributed by atoms with E-state index in [2.05, 4.69) is 5.32 Å². The molecule has 1 aromatic carbocycles. The molecule has 25 heavy (non-hydrogen) atoms. The fourth-order valence-electron chi connectivity index (χ4n) is 2.86. The second kappa shape index (κ2) is 7.92. The van der Waals surface area contributed by atoms with Gasteiger partial charge >= 0.3 is 5.97 Å². The summed E-state index contributed by atoms with van der Waals surface area (Å²) in [5.41, 5.74) is 0.505. The van der Waals surface area contributed by atoms with Crippen LogP contribution in [0.4, 0.5) is 4.39 Å². The highest BCUT2D eigenvalue weighted by Gasteiger charge is 2.30. The van der Waals surface area contributed by atoms with Crippen molar-refractivity contribution in [2.75, 3.05) is 19.3 Å². The molecule has 1 amide bonds. The van der Waals surface area contributed by atoms with Gasteiger partial charge in [0.05, 0.1) is 18.7 Å². The first kappa shape index (κ1) is 19.3. The van der Waals surface area contributed by atoms with Crippen molar-refractivity contribution in [2.24, 2.45) is 5.92 Å². The number of nitrogens with zero attached hydrogens (tertiary/aromatic N) is 1. The van der Waals surface area contributed by atoms with Gasteiger partial charge in [0.2, 0.25) is 15.9 Å². The molecule has 0 aromatic heterocycles. The van der Waals surface area contributed by atoms with Crippen molar-refractivity contribution >= 4 is 21.9 Å². The minimum atomic E-state index is -3.27. The first-order valence-corrected chi connectivity index (χ1v) is 9.74. The Hall–Kier alpha value is -2.00.